The molecule has 0 aliphatic heterocycles. The highest BCUT2D eigenvalue weighted by atomic mass is 16.5. The molecular formula is C26H23N3O4. The van der Waals surface area contributed by atoms with Gasteiger partial charge in [-0.2, -0.15) is 0 Å². The molecule has 1 heterocycles. The van der Waals surface area contributed by atoms with Crippen molar-refractivity contribution in [3.05, 3.63) is 109 Å². The van der Waals surface area contributed by atoms with Crippen LogP contribution in [0.15, 0.2) is 102 Å². The number of rotatable bonds is 9. The summed E-state index contributed by atoms with van der Waals surface area (Å²) in [5.74, 6) is 0.344. The predicted octanol–water partition coefficient (Wildman–Crippen LogP) is 5.16. The van der Waals surface area contributed by atoms with Crippen LogP contribution in [0.4, 0.5) is 17.1 Å². The Morgan fingerprint density at radius 3 is 2.30 bits per heavy atom. The largest absolute Gasteiger partial charge is 0.489 e. The van der Waals surface area contributed by atoms with Crippen LogP contribution in [-0.2, 0) is 11.4 Å². The second kappa shape index (κ2) is 10.7. The van der Waals surface area contributed by atoms with Crippen molar-refractivity contribution in [2.45, 2.75) is 6.61 Å². The molecular weight excluding hydrogens is 418 g/mol. The van der Waals surface area contributed by atoms with E-state index in [1.165, 1.54) is 6.26 Å². The van der Waals surface area contributed by atoms with E-state index < -0.39 is 0 Å². The van der Waals surface area contributed by atoms with Crippen LogP contribution in [0.3, 0.4) is 0 Å². The lowest BCUT2D eigenvalue weighted by molar-refractivity contribution is -0.114. The molecule has 0 aliphatic rings. The lowest BCUT2D eigenvalue weighted by Gasteiger charge is -2.11. The lowest BCUT2D eigenvalue weighted by atomic mass is 10.2. The van der Waals surface area contributed by atoms with E-state index in [4.69, 9.17) is 9.15 Å². The number of carbonyl (C=O) groups is 2. The molecule has 33 heavy (non-hydrogen) atoms. The maximum atomic E-state index is 12.4. The molecule has 0 aliphatic carbocycles. The number of anilines is 3. The molecule has 2 amide bonds. The number of carbonyl (C=O) groups excluding carboxylic acids is 2. The molecule has 4 aromatic rings. The van der Waals surface area contributed by atoms with Gasteiger partial charge in [0, 0.05) is 23.1 Å². The number of furan rings is 1. The van der Waals surface area contributed by atoms with E-state index in [9.17, 15) is 9.59 Å². The molecule has 0 bridgehead atoms. The fourth-order valence-electron chi connectivity index (χ4n) is 3.10. The number of nitrogens with one attached hydrogen (secondary N) is 3. The third-order valence-electron chi connectivity index (χ3n) is 4.68. The van der Waals surface area contributed by atoms with Gasteiger partial charge in [0.15, 0.2) is 5.76 Å². The van der Waals surface area contributed by atoms with E-state index in [1.54, 1.807) is 42.5 Å². The summed E-state index contributed by atoms with van der Waals surface area (Å²) < 4.78 is 10.9. The first-order valence-corrected chi connectivity index (χ1v) is 10.4. The first-order chi connectivity index (χ1) is 16.2. The molecule has 1 aromatic heterocycles. The molecule has 0 fully saturated rings. The highest BCUT2D eigenvalue weighted by Crippen LogP contribution is 2.19. The van der Waals surface area contributed by atoms with Gasteiger partial charge in [0.05, 0.1) is 12.8 Å². The van der Waals surface area contributed by atoms with Crippen molar-refractivity contribution in [2.75, 3.05) is 22.5 Å². The van der Waals surface area contributed by atoms with Gasteiger partial charge in [-0.25, -0.2) is 0 Å². The minimum Gasteiger partial charge on any atom is -0.489 e. The van der Waals surface area contributed by atoms with Crippen molar-refractivity contribution in [1.29, 1.82) is 0 Å². The van der Waals surface area contributed by atoms with Crippen LogP contribution in [-0.4, -0.2) is 18.4 Å². The Bertz CT molecular complexity index is 1210. The van der Waals surface area contributed by atoms with E-state index in [1.807, 2.05) is 48.5 Å². The average Bonchev–Trinajstić information content (AvgIpc) is 3.38. The van der Waals surface area contributed by atoms with Crippen LogP contribution in [0.2, 0.25) is 0 Å². The van der Waals surface area contributed by atoms with Crippen LogP contribution >= 0.6 is 0 Å². The van der Waals surface area contributed by atoms with Crippen molar-refractivity contribution in [2.24, 2.45) is 0 Å². The Labute approximate surface area is 191 Å². The smallest absolute Gasteiger partial charge is 0.291 e. The normalized spacial score (nSPS) is 10.3. The van der Waals surface area contributed by atoms with Crippen LogP contribution in [0.1, 0.15) is 16.1 Å². The summed E-state index contributed by atoms with van der Waals surface area (Å²) in [4.78, 5) is 24.5. The monoisotopic (exact) mass is 441 g/mol. The number of hydrogen-bond donors (Lipinski definition) is 3. The molecule has 7 nitrogen and oxygen atoms in total. The zero-order valence-electron chi connectivity index (χ0n) is 17.8. The van der Waals surface area contributed by atoms with Crippen LogP contribution in [0.5, 0.6) is 5.75 Å². The van der Waals surface area contributed by atoms with Gasteiger partial charge in [0.1, 0.15) is 12.4 Å². The van der Waals surface area contributed by atoms with E-state index in [2.05, 4.69) is 16.0 Å². The van der Waals surface area contributed by atoms with Gasteiger partial charge < -0.3 is 25.1 Å². The molecule has 4 rings (SSSR count). The SMILES string of the molecule is O=C(CNc1cccc(NC(=O)c2ccco2)c1)Nc1cccc(OCc2ccccc2)c1. The Morgan fingerprint density at radius 1 is 0.758 bits per heavy atom. The molecule has 0 unspecified atom stereocenters. The van der Waals surface area contributed by atoms with Crippen LogP contribution < -0.4 is 20.7 Å². The van der Waals surface area contributed by atoms with Gasteiger partial charge in [-0.3, -0.25) is 9.59 Å². The molecule has 0 spiro atoms. The third kappa shape index (κ3) is 6.48. The first-order valence-electron chi connectivity index (χ1n) is 10.4. The fraction of sp³-hybridized carbons (Fsp3) is 0.0769. The van der Waals surface area contributed by atoms with Crippen molar-refractivity contribution in [1.82, 2.24) is 0 Å². The Morgan fingerprint density at radius 2 is 1.52 bits per heavy atom. The summed E-state index contributed by atoms with van der Waals surface area (Å²) in [6, 6.07) is 27.5. The van der Waals surface area contributed by atoms with Crippen molar-refractivity contribution < 1.29 is 18.7 Å². The van der Waals surface area contributed by atoms with E-state index >= 15 is 0 Å². The summed E-state index contributed by atoms with van der Waals surface area (Å²) in [5.41, 5.74) is 3.00. The fourth-order valence-corrected chi connectivity index (χ4v) is 3.10. The number of amides is 2. The van der Waals surface area contributed by atoms with Crippen LogP contribution in [0.25, 0.3) is 0 Å². The standard InChI is InChI=1S/C26H23N3O4/c30-25(28-22-11-5-12-23(16-22)33-18-19-7-2-1-3-8-19)17-27-20-9-4-10-21(15-20)29-26(31)24-13-6-14-32-24/h1-16,27H,17-18H2,(H,28,30)(H,29,31). The van der Waals surface area contributed by atoms with Gasteiger partial charge in [0.2, 0.25) is 5.91 Å². The maximum absolute atomic E-state index is 12.4. The van der Waals surface area contributed by atoms with Crippen molar-refractivity contribution in [3.8, 4) is 5.75 Å². The van der Waals surface area contributed by atoms with Crippen LogP contribution in [0, 0.1) is 0 Å². The molecule has 166 valence electrons. The predicted molar refractivity (Wildman–Crippen MR) is 127 cm³/mol. The summed E-state index contributed by atoms with van der Waals surface area (Å²) in [7, 11) is 0. The van der Waals surface area contributed by atoms with E-state index in [-0.39, 0.29) is 24.1 Å². The summed E-state index contributed by atoms with van der Waals surface area (Å²) in [6.07, 6.45) is 1.44. The topological polar surface area (TPSA) is 92.6 Å². The molecule has 3 N–H and O–H groups in total. The third-order valence-corrected chi connectivity index (χ3v) is 4.68. The maximum Gasteiger partial charge on any atom is 0.291 e. The quantitative estimate of drug-likeness (QED) is 0.334. The number of ether oxygens (including phenoxy) is 1. The number of hydrogen-bond acceptors (Lipinski definition) is 5. The first kappa shape index (κ1) is 21.7. The van der Waals surface area contributed by atoms with E-state index in [0.29, 0.717) is 29.4 Å². The molecule has 0 atom stereocenters. The molecule has 3 aromatic carbocycles. The second-order valence-electron chi connectivity index (χ2n) is 7.22. The Hall–Kier alpha value is -4.52. The molecule has 0 saturated carbocycles. The zero-order chi connectivity index (χ0) is 22.9. The van der Waals surface area contributed by atoms with Gasteiger partial charge >= 0.3 is 0 Å². The summed E-state index contributed by atoms with van der Waals surface area (Å²) in [6.45, 7) is 0.511. The molecule has 0 radical (unpaired) electrons. The zero-order valence-corrected chi connectivity index (χ0v) is 17.8. The minimum absolute atomic E-state index is 0.0602. The Balaban J connectivity index is 1.27. The second-order valence-corrected chi connectivity index (χ2v) is 7.22. The molecule has 7 heteroatoms. The summed E-state index contributed by atoms with van der Waals surface area (Å²) in [5, 5.41) is 8.66. The molecule has 0 saturated heterocycles. The average molecular weight is 441 g/mol. The summed E-state index contributed by atoms with van der Waals surface area (Å²) >= 11 is 0. The van der Waals surface area contributed by atoms with Gasteiger partial charge in [0.25, 0.3) is 5.91 Å². The minimum atomic E-state index is -0.343. The van der Waals surface area contributed by atoms with Gasteiger partial charge in [-0.05, 0) is 48.0 Å². The lowest BCUT2D eigenvalue weighted by Crippen LogP contribution is -2.21. The van der Waals surface area contributed by atoms with Gasteiger partial charge in [-0.15, -0.1) is 0 Å². The van der Waals surface area contributed by atoms with E-state index in [0.717, 1.165) is 5.56 Å². The Kier molecular flexibility index (Phi) is 7.02. The van der Waals surface area contributed by atoms with Gasteiger partial charge in [-0.1, -0.05) is 42.5 Å². The highest BCUT2D eigenvalue weighted by Gasteiger charge is 2.09. The van der Waals surface area contributed by atoms with Crippen molar-refractivity contribution in [3.63, 3.8) is 0 Å². The van der Waals surface area contributed by atoms with Crippen molar-refractivity contribution >= 4 is 28.9 Å². The highest BCUT2D eigenvalue weighted by molar-refractivity contribution is 6.02. The number of benzene rings is 3.